The normalized spacial score (nSPS) is 18.4. The van der Waals surface area contributed by atoms with E-state index >= 15 is 0 Å². The van der Waals surface area contributed by atoms with Crippen LogP contribution in [0, 0.1) is 5.41 Å². The fraction of sp³-hybridized carbons (Fsp3) is 0.375. The monoisotopic (exact) mass is 544 g/mol. The number of nitrogens with zero attached hydrogens (tertiary/aromatic N) is 3. The maximum Gasteiger partial charge on any atom is 0.258 e. The van der Waals surface area contributed by atoms with Crippen molar-refractivity contribution in [3.05, 3.63) is 90.3 Å². The second-order valence-corrected chi connectivity index (χ2v) is 10.6. The topological polar surface area (TPSA) is 85.3 Å². The van der Waals surface area contributed by atoms with Crippen molar-refractivity contribution in [1.29, 1.82) is 0 Å². The van der Waals surface area contributed by atoms with Crippen LogP contribution in [-0.4, -0.2) is 69.3 Å². The molecule has 2 aromatic rings. The second-order valence-electron chi connectivity index (χ2n) is 10.6. The number of fused-ring (bicyclic) bond motifs is 1. The van der Waals surface area contributed by atoms with E-state index < -0.39 is 0 Å². The Morgan fingerprint density at radius 1 is 1.20 bits per heavy atom. The third kappa shape index (κ3) is 6.46. The maximum absolute atomic E-state index is 14.0. The Kier molecular flexibility index (Phi) is 9.45. The van der Waals surface area contributed by atoms with Crippen molar-refractivity contribution >= 4 is 23.2 Å². The Hall–Kier alpha value is -3.88. The van der Waals surface area contributed by atoms with Gasteiger partial charge in [0.25, 0.3) is 5.91 Å². The number of methoxy groups -OCH3 is 1. The van der Waals surface area contributed by atoms with Gasteiger partial charge in [-0.3, -0.25) is 9.59 Å². The Bertz CT molecular complexity index is 1300. The summed E-state index contributed by atoms with van der Waals surface area (Å²) in [5.41, 5.74) is 3.92. The lowest BCUT2D eigenvalue weighted by molar-refractivity contribution is -0.117. The van der Waals surface area contributed by atoms with Gasteiger partial charge in [0, 0.05) is 48.9 Å². The summed E-state index contributed by atoms with van der Waals surface area (Å²) in [6.07, 6.45) is 10.3. The van der Waals surface area contributed by atoms with Crippen molar-refractivity contribution in [2.45, 2.75) is 25.7 Å². The molecule has 4 rings (SSSR count). The zero-order valence-corrected chi connectivity index (χ0v) is 23.7. The molecule has 1 atom stereocenters. The van der Waals surface area contributed by atoms with E-state index in [4.69, 9.17) is 9.84 Å². The van der Waals surface area contributed by atoms with Crippen LogP contribution in [0.5, 0.6) is 5.75 Å². The number of likely N-dealkylation sites (N-methyl/N-ethyl adjacent to an activating group) is 1. The van der Waals surface area contributed by atoms with Gasteiger partial charge in [-0.15, -0.1) is 0 Å². The summed E-state index contributed by atoms with van der Waals surface area (Å²) >= 11 is 0. The minimum Gasteiger partial charge on any atom is -0.495 e. The van der Waals surface area contributed by atoms with Gasteiger partial charge in [0.1, 0.15) is 5.75 Å². The molecule has 0 aromatic heterocycles. The minimum absolute atomic E-state index is 0.0128. The maximum atomic E-state index is 14.0. The first-order valence-corrected chi connectivity index (χ1v) is 13.7. The van der Waals surface area contributed by atoms with E-state index in [9.17, 15) is 9.59 Å². The zero-order chi connectivity index (χ0) is 28.7. The van der Waals surface area contributed by atoms with Gasteiger partial charge in [0.05, 0.1) is 19.4 Å². The smallest absolute Gasteiger partial charge is 0.258 e. The first-order chi connectivity index (χ1) is 19.3. The molecule has 0 radical (unpaired) electrons. The number of carbonyl (C=O) groups is 2. The van der Waals surface area contributed by atoms with Crippen LogP contribution in [0.3, 0.4) is 0 Å². The molecular formula is C32H40N4O4. The molecule has 0 fully saturated rings. The Balaban J connectivity index is 1.59. The first-order valence-electron chi connectivity index (χ1n) is 13.7. The number of para-hydroxylation sites is 1. The average molecular weight is 545 g/mol. The minimum atomic E-state index is -0.162. The lowest BCUT2D eigenvalue weighted by atomic mass is 9.79. The number of allylic oxidation sites excluding steroid dienone is 1. The third-order valence-corrected chi connectivity index (χ3v) is 7.69. The lowest BCUT2D eigenvalue weighted by Gasteiger charge is -2.26. The molecule has 212 valence electrons. The van der Waals surface area contributed by atoms with Crippen LogP contribution in [0.4, 0.5) is 11.4 Å². The molecule has 0 bridgehead atoms. The van der Waals surface area contributed by atoms with Gasteiger partial charge in [-0.05, 0) is 81.1 Å². The first kappa shape index (κ1) is 29.1. The van der Waals surface area contributed by atoms with Gasteiger partial charge in [0.2, 0.25) is 5.91 Å². The summed E-state index contributed by atoms with van der Waals surface area (Å²) in [5, 5.41) is 12.2. The molecule has 1 unspecified atom stereocenters. The van der Waals surface area contributed by atoms with Crippen LogP contribution in [0.25, 0.3) is 0 Å². The van der Waals surface area contributed by atoms with E-state index in [2.05, 4.69) is 24.0 Å². The van der Waals surface area contributed by atoms with Crippen LogP contribution < -0.4 is 19.9 Å². The standard InChI is InChI=1S/C32H40N4O4/c1-5-35(17-8-20-37)28-12-11-24(21-29(28)40-4)31(39)36-18-15-32(22-25-9-6-7-10-27(25)36)14-13-26(23-32)30(38)33-16-19-34(2)3/h5-12,17,21,23,37H,1,13-16,18-20,22H2,2-4H3,(H,33,38)/b17-8-. The quantitative estimate of drug-likeness (QED) is 0.468. The number of aliphatic hydroxyl groups excluding tert-OH is 1. The highest BCUT2D eigenvalue weighted by Crippen LogP contribution is 2.46. The molecule has 2 aliphatic rings. The van der Waals surface area contributed by atoms with Crippen molar-refractivity contribution < 1.29 is 19.4 Å². The lowest BCUT2D eigenvalue weighted by Crippen LogP contribution is -2.33. The molecule has 0 saturated heterocycles. The van der Waals surface area contributed by atoms with Gasteiger partial charge >= 0.3 is 0 Å². The number of hydrogen-bond acceptors (Lipinski definition) is 6. The molecule has 40 heavy (non-hydrogen) atoms. The molecule has 2 N–H and O–H groups in total. The van der Waals surface area contributed by atoms with Crippen LogP contribution in [0.15, 0.2) is 79.2 Å². The highest BCUT2D eigenvalue weighted by atomic mass is 16.5. The predicted molar refractivity (Wildman–Crippen MR) is 160 cm³/mol. The van der Waals surface area contributed by atoms with Gasteiger partial charge < -0.3 is 29.9 Å². The molecule has 1 spiro atoms. The van der Waals surface area contributed by atoms with Crippen LogP contribution >= 0.6 is 0 Å². The number of aliphatic hydroxyl groups is 1. The summed E-state index contributed by atoms with van der Waals surface area (Å²) in [6.45, 7) is 5.69. The summed E-state index contributed by atoms with van der Waals surface area (Å²) in [4.78, 5) is 32.5. The Morgan fingerprint density at radius 3 is 2.73 bits per heavy atom. The van der Waals surface area contributed by atoms with E-state index in [-0.39, 0.29) is 23.8 Å². The zero-order valence-electron chi connectivity index (χ0n) is 23.7. The number of nitrogens with one attached hydrogen (secondary N) is 1. The van der Waals surface area contributed by atoms with Crippen molar-refractivity contribution in [2.24, 2.45) is 5.41 Å². The largest absolute Gasteiger partial charge is 0.495 e. The summed E-state index contributed by atoms with van der Waals surface area (Å²) in [6, 6.07) is 13.4. The highest BCUT2D eigenvalue weighted by Gasteiger charge is 2.39. The van der Waals surface area contributed by atoms with Crippen molar-refractivity contribution in [1.82, 2.24) is 10.2 Å². The van der Waals surface area contributed by atoms with E-state index in [1.807, 2.05) is 48.2 Å². The predicted octanol–water partition coefficient (Wildman–Crippen LogP) is 4.13. The Labute approximate surface area is 237 Å². The van der Waals surface area contributed by atoms with Crippen LogP contribution in [0.2, 0.25) is 0 Å². The SMILES string of the molecule is C=CN(/C=C\CO)c1ccc(C(=O)N2CCC3(C=C(C(=O)NCCN(C)C)CC3)Cc3ccccc32)cc1OC. The van der Waals surface area contributed by atoms with Crippen LogP contribution in [-0.2, 0) is 11.2 Å². The van der Waals surface area contributed by atoms with Crippen LogP contribution in [0.1, 0.15) is 35.2 Å². The number of anilines is 2. The second kappa shape index (κ2) is 13.0. The summed E-state index contributed by atoms with van der Waals surface area (Å²) in [7, 11) is 5.54. The molecule has 1 heterocycles. The van der Waals surface area contributed by atoms with Crippen molar-refractivity contribution in [2.75, 3.05) is 57.2 Å². The fourth-order valence-electron chi connectivity index (χ4n) is 5.56. The summed E-state index contributed by atoms with van der Waals surface area (Å²) < 4.78 is 5.63. The molecule has 0 saturated carbocycles. The number of ether oxygens (including phenoxy) is 1. The number of amides is 2. The fourth-order valence-corrected chi connectivity index (χ4v) is 5.56. The number of benzene rings is 2. The molecule has 1 aliphatic carbocycles. The highest BCUT2D eigenvalue weighted by molar-refractivity contribution is 6.07. The van der Waals surface area contributed by atoms with Gasteiger partial charge in [0.15, 0.2) is 0 Å². The van der Waals surface area contributed by atoms with Gasteiger partial charge in [-0.2, -0.15) is 0 Å². The van der Waals surface area contributed by atoms with Crippen molar-refractivity contribution in [3.8, 4) is 5.75 Å². The third-order valence-electron chi connectivity index (χ3n) is 7.69. The number of carbonyl (C=O) groups excluding carboxylic acids is 2. The van der Waals surface area contributed by atoms with Gasteiger partial charge in [-0.25, -0.2) is 0 Å². The molecular weight excluding hydrogens is 504 g/mol. The number of hydrogen-bond donors (Lipinski definition) is 2. The van der Waals surface area contributed by atoms with E-state index in [0.717, 1.165) is 49.1 Å². The molecule has 8 nitrogen and oxygen atoms in total. The molecule has 2 amide bonds. The van der Waals surface area contributed by atoms with E-state index in [0.29, 0.717) is 30.1 Å². The molecule has 2 aromatic carbocycles. The number of rotatable bonds is 10. The van der Waals surface area contributed by atoms with Crippen molar-refractivity contribution in [3.63, 3.8) is 0 Å². The molecule has 8 heteroatoms. The van der Waals surface area contributed by atoms with E-state index in [1.54, 1.807) is 42.6 Å². The van der Waals surface area contributed by atoms with E-state index in [1.165, 1.54) is 0 Å². The molecule has 1 aliphatic heterocycles. The average Bonchev–Trinajstić information content (AvgIpc) is 3.30. The Morgan fingerprint density at radius 2 is 2.00 bits per heavy atom. The van der Waals surface area contributed by atoms with Gasteiger partial charge in [-0.1, -0.05) is 30.9 Å². The summed E-state index contributed by atoms with van der Waals surface area (Å²) in [5.74, 6) is 0.435.